The maximum Gasteiger partial charge on any atom is 0.447 e. The molecular weight excluding hydrogens is 344 g/mol. The van der Waals surface area contributed by atoms with Gasteiger partial charge in [-0.2, -0.15) is 18.2 Å². The number of benzene rings is 1. The van der Waals surface area contributed by atoms with E-state index in [0.29, 0.717) is 11.4 Å². The van der Waals surface area contributed by atoms with E-state index in [-0.39, 0.29) is 10.8 Å². The van der Waals surface area contributed by atoms with E-state index in [0.717, 1.165) is 4.68 Å². The van der Waals surface area contributed by atoms with Gasteiger partial charge >= 0.3 is 10.4 Å². The molecule has 8 nitrogen and oxygen atoms in total. The Balaban J connectivity index is 2.47. The average Bonchev–Trinajstić information content (AvgIpc) is 2.67. The van der Waals surface area contributed by atoms with E-state index in [1.54, 1.807) is 6.92 Å². The van der Waals surface area contributed by atoms with Crippen molar-refractivity contribution in [2.24, 2.45) is 0 Å². The van der Waals surface area contributed by atoms with Crippen LogP contribution in [0.2, 0.25) is 0 Å². The van der Waals surface area contributed by atoms with Gasteiger partial charge in [0.2, 0.25) is 5.88 Å². The molecule has 0 bridgehead atoms. The molecule has 1 aromatic heterocycles. The van der Waals surface area contributed by atoms with Crippen molar-refractivity contribution in [3.63, 3.8) is 0 Å². The van der Waals surface area contributed by atoms with Gasteiger partial charge in [-0.1, -0.05) is 0 Å². The molecule has 0 unspecified atom stereocenters. The Labute approximate surface area is 125 Å². The molecule has 0 spiro atoms. The van der Waals surface area contributed by atoms with Crippen LogP contribution in [0.25, 0.3) is 5.69 Å². The Kier molecular flexibility index (Phi) is 3.97. The molecule has 0 saturated carbocycles. The van der Waals surface area contributed by atoms with Crippen LogP contribution in [0, 0.1) is 6.92 Å². The maximum atomic E-state index is 11.1. The summed E-state index contributed by atoms with van der Waals surface area (Å²) in [7, 11) is -3.37. The Bertz CT molecular complexity index is 871. The summed E-state index contributed by atoms with van der Waals surface area (Å²) >= 11 is 0. The highest BCUT2D eigenvalue weighted by Crippen LogP contribution is 2.22. The standard InChI is InChI=1S/C10H9ClN2O6S2/c1-7-6-10(19-21(16,17)18)13(12-7)8-2-4-9(5-3-8)20(11,14)15/h2-6H,1H3,(H,16,17,18). The SMILES string of the molecule is Cc1cc(OS(=O)(=O)O)n(-c2ccc(S(=O)(=O)Cl)cc2)n1. The maximum absolute atomic E-state index is 11.1. The molecule has 0 radical (unpaired) electrons. The fourth-order valence-electron chi connectivity index (χ4n) is 1.58. The third kappa shape index (κ3) is 3.94. The molecule has 11 heteroatoms. The van der Waals surface area contributed by atoms with Gasteiger partial charge in [-0.05, 0) is 31.2 Å². The highest BCUT2D eigenvalue weighted by Gasteiger charge is 2.16. The largest absolute Gasteiger partial charge is 0.447 e. The summed E-state index contributed by atoms with van der Waals surface area (Å²) < 4.78 is 58.0. The van der Waals surface area contributed by atoms with Crippen LogP contribution in [0.5, 0.6) is 5.88 Å². The van der Waals surface area contributed by atoms with Crippen LogP contribution in [0.4, 0.5) is 0 Å². The molecule has 0 aliphatic carbocycles. The lowest BCUT2D eigenvalue weighted by atomic mass is 10.3. The van der Waals surface area contributed by atoms with Gasteiger partial charge in [0.1, 0.15) is 0 Å². The van der Waals surface area contributed by atoms with Crippen LogP contribution in [-0.4, -0.2) is 31.2 Å². The first-order valence-corrected chi connectivity index (χ1v) is 9.02. The predicted molar refractivity (Wildman–Crippen MR) is 73.5 cm³/mol. The van der Waals surface area contributed by atoms with E-state index in [1.165, 1.54) is 30.3 Å². The van der Waals surface area contributed by atoms with Crippen molar-refractivity contribution >= 4 is 30.1 Å². The molecule has 21 heavy (non-hydrogen) atoms. The van der Waals surface area contributed by atoms with Gasteiger partial charge in [0.15, 0.2) is 0 Å². The Morgan fingerprint density at radius 2 is 1.76 bits per heavy atom. The lowest BCUT2D eigenvalue weighted by Crippen LogP contribution is -2.10. The molecule has 2 rings (SSSR count). The number of hydrogen-bond acceptors (Lipinski definition) is 6. The monoisotopic (exact) mass is 352 g/mol. The number of aromatic nitrogens is 2. The van der Waals surface area contributed by atoms with Gasteiger partial charge in [0.05, 0.1) is 16.3 Å². The Hall–Kier alpha value is -1.62. The summed E-state index contributed by atoms with van der Waals surface area (Å²) in [6, 6.07) is 6.47. The third-order valence-electron chi connectivity index (χ3n) is 2.35. The summed E-state index contributed by atoms with van der Waals surface area (Å²) in [6.45, 7) is 1.59. The number of nitrogens with zero attached hydrogens (tertiary/aromatic N) is 2. The molecule has 0 aliphatic rings. The van der Waals surface area contributed by atoms with E-state index in [1.807, 2.05) is 0 Å². The normalized spacial score (nSPS) is 12.3. The van der Waals surface area contributed by atoms with Gasteiger partial charge in [-0.15, -0.1) is 0 Å². The van der Waals surface area contributed by atoms with Crippen LogP contribution in [0.3, 0.4) is 0 Å². The third-order valence-corrected chi connectivity index (χ3v) is 4.10. The van der Waals surface area contributed by atoms with Crippen LogP contribution in [-0.2, 0) is 19.4 Å². The highest BCUT2D eigenvalue weighted by molar-refractivity contribution is 8.13. The van der Waals surface area contributed by atoms with Gasteiger partial charge in [-0.3, -0.25) is 4.55 Å². The fraction of sp³-hybridized carbons (Fsp3) is 0.100. The molecule has 0 atom stereocenters. The average molecular weight is 353 g/mol. The predicted octanol–water partition coefficient (Wildman–Crippen LogP) is 1.29. The number of halogens is 1. The Morgan fingerprint density at radius 3 is 2.24 bits per heavy atom. The van der Waals surface area contributed by atoms with Gasteiger partial charge in [0.25, 0.3) is 9.05 Å². The zero-order valence-electron chi connectivity index (χ0n) is 10.5. The van der Waals surface area contributed by atoms with Gasteiger partial charge in [0, 0.05) is 16.7 Å². The van der Waals surface area contributed by atoms with Crippen molar-refractivity contribution in [2.75, 3.05) is 0 Å². The first-order chi connectivity index (χ1) is 9.56. The number of aryl methyl sites for hydroxylation is 1. The van der Waals surface area contributed by atoms with E-state index in [4.69, 9.17) is 15.2 Å². The van der Waals surface area contributed by atoms with Crippen molar-refractivity contribution in [2.45, 2.75) is 11.8 Å². The second-order valence-corrected chi connectivity index (χ2v) is 7.57. The first-order valence-electron chi connectivity index (χ1n) is 5.35. The summed E-state index contributed by atoms with van der Waals surface area (Å²) in [5.41, 5.74) is 0.758. The van der Waals surface area contributed by atoms with Crippen molar-refractivity contribution in [1.29, 1.82) is 0 Å². The zero-order chi connectivity index (χ0) is 15.8. The Morgan fingerprint density at radius 1 is 1.19 bits per heavy atom. The minimum Gasteiger partial charge on any atom is -0.341 e. The zero-order valence-corrected chi connectivity index (χ0v) is 12.9. The van der Waals surface area contributed by atoms with Crippen molar-refractivity contribution < 1.29 is 25.6 Å². The lowest BCUT2D eigenvalue weighted by molar-refractivity contribution is 0.375. The number of hydrogen-bond donors (Lipinski definition) is 1. The number of rotatable bonds is 4. The molecule has 2 aromatic rings. The summed E-state index contributed by atoms with van der Waals surface area (Å²) in [5, 5.41) is 3.99. The van der Waals surface area contributed by atoms with E-state index in [9.17, 15) is 16.8 Å². The van der Waals surface area contributed by atoms with Gasteiger partial charge in [-0.25, -0.2) is 8.42 Å². The fourth-order valence-corrected chi connectivity index (χ4v) is 2.68. The van der Waals surface area contributed by atoms with Crippen LogP contribution in [0.15, 0.2) is 35.2 Å². The van der Waals surface area contributed by atoms with Crippen LogP contribution in [0.1, 0.15) is 5.69 Å². The molecule has 1 N–H and O–H groups in total. The van der Waals surface area contributed by atoms with Crippen LogP contribution >= 0.6 is 10.7 Å². The molecule has 0 aliphatic heterocycles. The molecular formula is C10H9ClN2O6S2. The molecule has 0 fully saturated rings. The molecule has 0 saturated heterocycles. The second-order valence-electron chi connectivity index (χ2n) is 3.98. The second kappa shape index (κ2) is 5.30. The van der Waals surface area contributed by atoms with Gasteiger partial charge < -0.3 is 4.18 Å². The highest BCUT2D eigenvalue weighted by atomic mass is 35.7. The van der Waals surface area contributed by atoms with E-state index < -0.39 is 19.4 Å². The quantitative estimate of drug-likeness (QED) is 0.651. The molecule has 0 amide bonds. The van der Waals surface area contributed by atoms with Crippen molar-refractivity contribution in [1.82, 2.24) is 9.78 Å². The minimum atomic E-state index is -4.70. The molecule has 1 aromatic carbocycles. The molecule has 1 heterocycles. The summed E-state index contributed by atoms with van der Waals surface area (Å²) in [4.78, 5) is -0.117. The smallest absolute Gasteiger partial charge is 0.341 e. The molecule has 114 valence electrons. The summed E-state index contributed by atoms with van der Waals surface area (Å²) in [5.74, 6) is -0.239. The van der Waals surface area contributed by atoms with Crippen molar-refractivity contribution in [3.05, 3.63) is 36.0 Å². The first kappa shape index (κ1) is 15.8. The van der Waals surface area contributed by atoms with E-state index in [2.05, 4.69) is 9.28 Å². The minimum absolute atomic E-state index is 0.117. The van der Waals surface area contributed by atoms with E-state index >= 15 is 0 Å². The van der Waals surface area contributed by atoms with Crippen LogP contribution < -0.4 is 4.18 Å². The lowest BCUT2D eigenvalue weighted by Gasteiger charge is -2.06. The topological polar surface area (TPSA) is 116 Å². The van der Waals surface area contributed by atoms with Crippen molar-refractivity contribution in [3.8, 4) is 11.6 Å². The summed E-state index contributed by atoms with van der Waals surface area (Å²) in [6.07, 6.45) is 0.